The molecule has 0 saturated carbocycles. The van der Waals surface area contributed by atoms with Crippen molar-refractivity contribution in [2.75, 3.05) is 6.61 Å². The third-order valence-corrected chi connectivity index (χ3v) is 4.07. The van der Waals surface area contributed by atoms with Crippen molar-refractivity contribution in [2.24, 2.45) is 7.05 Å². The minimum Gasteiger partial charge on any atom is -0.490 e. The van der Waals surface area contributed by atoms with Gasteiger partial charge in [-0.3, -0.25) is 4.68 Å². The fraction of sp³-hybridized carbons (Fsp3) is 0.238. The van der Waals surface area contributed by atoms with Crippen LogP contribution in [0.5, 0.6) is 11.5 Å². The summed E-state index contributed by atoms with van der Waals surface area (Å²) in [5.41, 5.74) is 3.66. The van der Waals surface area contributed by atoms with E-state index in [1.807, 2.05) is 68.0 Å². The summed E-state index contributed by atoms with van der Waals surface area (Å²) >= 11 is 0. The summed E-state index contributed by atoms with van der Waals surface area (Å²) in [6.07, 6.45) is 1.65. The Hall–Kier alpha value is -3.26. The van der Waals surface area contributed by atoms with Gasteiger partial charge in [-0.15, -0.1) is 0 Å². The Kier molecular flexibility index (Phi) is 5.23. The maximum Gasteiger partial charge on any atom is 0.130 e. The summed E-state index contributed by atoms with van der Waals surface area (Å²) in [5.74, 6) is 1.56. The van der Waals surface area contributed by atoms with E-state index in [0.717, 1.165) is 28.3 Å². The van der Waals surface area contributed by atoms with E-state index in [1.54, 1.807) is 12.3 Å². The van der Waals surface area contributed by atoms with E-state index in [9.17, 15) is 0 Å². The van der Waals surface area contributed by atoms with Crippen molar-refractivity contribution in [2.45, 2.75) is 20.0 Å². The molecule has 0 N–H and O–H groups in total. The number of aryl methyl sites for hydroxylation is 2. The minimum absolute atomic E-state index is 0.123. The van der Waals surface area contributed by atoms with E-state index < -0.39 is 0 Å². The maximum atomic E-state index is 8.94. The van der Waals surface area contributed by atoms with Crippen LogP contribution >= 0.6 is 0 Å². The maximum absolute atomic E-state index is 8.94. The predicted octanol–water partition coefficient (Wildman–Crippen LogP) is 4.11. The van der Waals surface area contributed by atoms with Gasteiger partial charge in [0.2, 0.25) is 0 Å². The van der Waals surface area contributed by atoms with Crippen molar-refractivity contribution >= 4 is 0 Å². The van der Waals surface area contributed by atoms with Gasteiger partial charge < -0.3 is 9.47 Å². The summed E-state index contributed by atoms with van der Waals surface area (Å²) in [6.45, 7) is 4.32. The topological polar surface area (TPSA) is 60.1 Å². The highest BCUT2D eigenvalue weighted by Crippen LogP contribution is 2.24. The fourth-order valence-electron chi connectivity index (χ4n) is 2.72. The molecule has 0 aliphatic heterocycles. The quantitative estimate of drug-likeness (QED) is 0.673. The van der Waals surface area contributed by atoms with Crippen LogP contribution in [-0.2, 0) is 7.05 Å². The molecule has 5 nitrogen and oxygen atoms in total. The van der Waals surface area contributed by atoms with Gasteiger partial charge in [0, 0.05) is 18.8 Å². The lowest BCUT2D eigenvalue weighted by molar-refractivity contribution is 0.142. The molecule has 0 unspecified atom stereocenters. The molecule has 0 spiro atoms. The van der Waals surface area contributed by atoms with Crippen LogP contribution in [0.15, 0.2) is 54.7 Å². The van der Waals surface area contributed by atoms with Gasteiger partial charge in [-0.1, -0.05) is 12.1 Å². The number of nitriles is 1. The third-order valence-electron chi connectivity index (χ3n) is 4.07. The molecule has 0 bridgehead atoms. The van der Waals surface area contributed by atoms with Crippen LogP contribution in [0.1, 0.15) is 18.1 Å². The first-order valence-corrected chi connectivity index (χ1v) is 8.45. The van der Waals surface area contributed by atoms with Gasteiger partial charge in [0.1, 0.15) is 24.2 Å². The van der Waals surface area contributed by atoms with Gasteiger partial charge in [-0.25, -0.2) is 0 Å². The standard InChI is InChI=1S/C21H21N3O2/c1-15-11-17(13-22)7-8-21(15)26-16(2)14-25-19-6-4-5-18(12-19)20-9-10-23-24(20)3/h4-12,16H,14H2,1-3H3/t16-/m0/s1. The van der Waals surface area contributed by atoms with Crippen LogP contribution in [0.2, 0.25) is 0 Å². The number of aromatic nitrogens is 2. The summed E-state index contributed by atoms with van der Waals surface area (Å²) in [7, 11) is 1.92. The average Bonchev–Trinajstić information content (AvgIpc) is 3.08. The molecule has 0 aliphatic carbocycles. The lowest BCUT2D eigenvalue weighted by Gasteiger charge is -2.17. The molecule has 0 aliphatic rings. The number of nitrogens with zero attached hydrogens (tertiary/aromatic N) is 3. The Bertz CT molecular complexity index is 940. The van der Waals surface area contributed by atoms with Gasteiger partial charge in [0.25, 0.3) is 0 Å². The highest BCUT2D eigenvalue weighted by molar-refractivity contribution is 5.61. The van der Waals surface area contributed by atoms with Gasteiger partial charge in [-0.2, -0.15) is 10.4 Å². The van der Waals surface area contributed by atoms with Crippen LogP contribution in [0.25, 0.3) is 11.3 Å². The number of rotatable bonds is 6. The van der Waals surface area contributed by atoms with Crippen molar-refractivity contribution in [3.05, 3.63) is 65.9 Å². The number of ether oxygens (including phenoxy) is 2. The van der Waals surface area contributed by atoms with Crippen LogP contribution in [0.3, 0.4) is 0 Å². The second-order valence-electron chi connectivity index (χ2n) is 6.20. The van der Waals surface area contributed by atoms with Gasteiger partial charge >= 0.3 is 0 Å². The lowest BCUT2D eigenvalue weighted by atomic mass is 10.1. The number of benzene rings is 2. The predicted molar refractivity (Wildman–Crippen MR) is 100 cm³/mol. The number of hydrogen-bond donors (Lipinski definition) is 0. The molecular weight excluding hydrogens is 326 g/mol. The first kappa shape index (κ1) is 17.6. The Labute approximate surface area is 153 Å². The molecule has 0 saturated heterocycles. The molecule has 3 rings (SSSR count). The highest BCUT2D eigenvalue weighted by atomic mass is 16.5. The van der Waals surface area contributed by atoms with E-state index in [-0.39, 0.29) is 6.10 Å². The molecule has 0 fully saturated rings. The molecule has 1 aromatic heterocycles. The van der Waals surface area contributed by atoms with Gasteiger partial charge in [0.05, 0.1) is 17.3 Å². The Morgan fingerprint density at radius 1 is 1.19 bits per heavy atom. The van der Waals surface area contributed by atoms with Crippen molar-refractivity contribution in [1.82, 2.24) is 9.78 Å². The van der Waals surface area contributed by atoms with E-state index >= 15 is 0 Å². The normalized spacial score (nSPS) is 11.6. The zero-order chi connectivity index (χ0) is 18.5. The summed E-state index contributed by atoms with van der Waals surface area (Å²) < 4.78 is 13.7. The zero-order valence-corrected chi connectivity index (χ0v) is 15.1. The molecule has 1 heterocycles. The first-order valence-electron chi connectivity index (χ1n) is 8.45. The van der Waals surface area contributed by atoms with Crippen molar-refractivity contribution in [1.29, 1.82) is 5.26 Å². The molecule has 3 aromatic rings. The van der Waals surface area contributed by atoms with Crippen LogP contribution < -0.4 is 9.47 Å². The Morgan fingerprint density at radius 2 is 2.04 bits per heavy atom. The molecule has 132 valence electrons. The molecule has 5 heteroatoms. The Balaban J connectivity index is 1.62. The van der Waals surface area contributed by atoms with Crippen LogP contribution in [0.4, 0.5) is 0 Å². The molecule has 0 amide bonds. The lowest BCUT2D eigenvalue weighted by Crippen LogP contribution is -2.21. The molecular formula is C21H21N3O2. The second-order valence-corrected chi connectivity index (χ2v) is 6.20. The van der Waals surface area contributed by atoms with E-state index in [1.165, 1.54) is 0 Å². The summed E-state index contributed by atoms with van der Waals surface area (Å²) in [5, 5.41) is 13.1. The zero-order valence-electron chi connectivity index (χ0n) is 15.1. The molecule has 26 heavy (non-hydrogen) atoms. The number of hydrogen-bond acceptors (Lipinski definition) is 4. The van der Waals surface area contributed by atoms with E-state index in [2.05, 4.69) is 11.2 Å². The summed E-state index contributed by atoms with van der Waals surface area (Å²) in [4.78, 5) is 0. The molecule has 2 aromatic carbocycles. The SMILES string of the molecule is Cc1cc(C#N)ccc1O[C@@H](C)COc1cccc(-c2ccnn2C)c1. The first-order chi connectivity index (χ1) is 12.6. The average molecular weight is 347 g/mol. The van der Waals surface area contributed by atoms with Crippen LogP contribution in [-0.4, -0.2) is 22.5 Å². The largest absolute Gasteiger partial charge is 0.490 e. The van der Waals surface area contributed by atoms with Gasteiger partial charge in [0.15, 0.2) is 0 Å². The van der Waals surface area contributed by atoms with E-state index in [0.29, 0.717) is 12.2 Å². The minimum atomic E-state index is -0.123. The second kappa shape index (κ2) is 7.75. The Morgan fingerprint density at radius 3 is 2.73 bits per heavy atom. The van der Waals surface area contributed by atoms with Crippen LogP contribution in [0, 0.1) is 18.3 Å². The highest BCUT2D eigenvalue weighted by Gasteiger charge is 2.09. The van der Waals surface area contributed by atoms with E-state index in [4.69, 9.17) is 14.7 Å². The molecule has 1 atom stereocenters. The van der Waals surface area contributed by atoms with Gasteiger partial charge in [-0.05, 0) is 55.8 Å². The van der Waals surface area contributed by atoms with Crippen molar-refractivity contribution in [3.63, 3.8) is 0 Å². The summed E-state index contributed by atoms with van der Waals surface area (Å²) in [6, 6.07) is 17.4. The smallest absolute Gasteiger partial charge is 0.130 e. The fourth-order valence-corrected chi connectivity index (χ4v) is 2.72. The van der Waals surface area contributed by atoms with Crippen molar-refractivity contribution in [3.8, 4) is 28.8 Å². The van der Waals surface area contributed by atoms with Crippen molar-refractivity contribution < 1.29 is 9.47 Å². The molecule has 0 radical (unpaired) electrons. The third kappa shape index (κ3) is 4.04. The monoisotopic (exact) mass is 347 g/mol.